The van der Waals surface area contributed by atoms with Crippen LogP contribution in [0.1, 0.15) is 22.7 Å². The Labute approximate surface area is 136 Å². The number of carbonyl (C=O) groups is 1. The van der Waals surface area contributed by atoms with Crippen LogP contribution in [0.4, 0.5) is 4.39 Å². The molecule has 1 aromatic carbocycles. The van der Waals surface area contributed by atoms with E-state index in [9.17, 15) is 14.4 Å². The lowest BCUT2D eigenvalue weighted by Crippen LogP contribution is -2.22. The van der Waals surface area contributed by atoms with E-state index in [1.807, 2.05) is 6.07 Å². The van der Waals surface area contributed by atoms with Gasteiger partial charge in [0.05, 0.1) is 30.7 Å². The van der Waals surface area contributed by atoms with Crippen LogP contribution in [-0.2, 0) is 16.0 Å². The maximum Gasteiger partial charge on any atom is 0.311 e. The second-order valence-corrected chi connectivity index (χ2v) is 5.12. The number of esters is 1. The third-order valence-electron chi connectivity index (χ3n) is 3.78. The molecule has 0 bridgehead atoms. The van der Waals surface area contributed by atoms with E-state index in [-0.39, 0.29) is 29.3 Å². The van der Waals surface area contributed by atoms with Crippen LogP contribution in [-0.4, -0.2) is 23.3 Å². The van der Waals surface area contributed by atoms with Gasteiger partial charge in [-0.1, -0.05) is 18.2 Å². The summed E-state index contributed by atoms with van der Waals surface area (Å²) in [5.74, 6) is -1.86. The molecule has 2 aromatic rings. The number of ether oxygens (including phenoxy) is 2. The lowest BCUT2D eigenvalue weighted by atomic mass is 9.83. The first kappa shape index (κ1) is 15.6. The van der Waals surface area contributed by atoms with Crippen molar-refractivity contribution in [3.63, 3.8) is 0 Å². The predicted molar refractivity (Wildman–Crippen MR) is 80.0 cm³/mol. The Morgan fingerprint density at radius 3 is 2.96 bits per heavy atom. The number of methoxy groups -OCH3 is 1. The molecule has 0 amide bonds. The van der Waals surface area contributed by atoms with Crippen LogP contribution < -0.4 is 10.5 Å². The summed E-state index contributed by atoms with van der Waals surface area (Å²) in [5, 5.41) is 16.1. The molecule has 122 valence electrons. The maximum absolute atomic E-state index is 14.3. The molecule has 0 aliphatic carbocycles. The van der Waals surface area contributed by atoms with E-state index in [2.05, 4.69) is 14.9 Å². The maximum atomic E-state index is 14.3. The number of aromatic amines is 1. The normalized spacial score (nSPS) is 16.1. The van der Waals surface area contributed by atoms with Crippen molar-refractivity contribution in [2.75, 3.05) is 7.11 Å². The SMILES string of the molecule is COC(=O)Cc1[nH]nc2c1[C@H](c1ccccc1F)C(C#N)=C(N)O2. The number of nitriles is 1. The van der Waals surface area contributed by atoms with Crippen LogP contribution in [0.25, 0.3) is 0 Å². The number of allylic oxidation sites excluding steroid dienone is 1. The van der Waals surface area contributed by atoms with Crippen LogP contribution in [0.5, 0.6) is 5.88 Å². The second kappa shape index (κ2) is 6.04. The van der Waals surface area contributed by atoms with E-state index in [0.717, 1.165) is 0 Å². The Morgan fingerprint density at radius 1 is 1.54 bits per heavy atom. The molecule has 7 nitrogen and oxygen atoms in total. The number of aromatic nitrogens is 2. The van der Waals surface area contributed by atoms with Gasteiger partial charge >= 0.3 is 5.97 Å². The number of hydrogen-bond acceptors (Lipinski definition) is 6. The van der Waals surface area contributed by atoms with Crippen molar-refractivity contribution in [3.8, 4) is 11.9 Å². The third-order valence-corrected chi connectivity index (χ3v) is 3.78. The molecule has 0 saturated carbocycles. The highest BCUT2D eigenvalue weighted by molar-refractivity contribution is 5.73. The summed E-state index contributed by atoms with van der Waals surface area (Å²) < 4.78 is 24.3. The first-order chi connectivity index (χ1) is 11.6. The first-order valence-electron chi connectivity index (χ1n) is 7.02. The highest BCUT2D eigenvalue weighted by Crippen LogP contribution is 2.43. The van der Waals surface area contributed by atoms with Crippen LogP contribution in [0.2, 0.25) is 0 Å². The highest BCUT2D eigenvalue weighted by atomic mass is 19.1. The average molecular weight is 328 g/mol. The topological polar surface area (TPSA) is 114 Å². The summed E-state index contributed by atoms with van der Waals surface area (Å²) in [5.41, 5.74) is 6.87. The third kappa shape index (κ3) is 2.46. The largest absolute Gasteiger partial charge is 0.469 e. The van der Waals surface area contributed by atoms with Gasteiger partial charge in [0.2, 0.25) is 11.8 Å². The number of H-pyrrole nitrogens is 1. The number of halogens is 1. The molecule has 0 radical (unpaired) electrons. The number of nitrogens with zero attached hydrogens (tertiary/aromatic N) is 2. The van der Waals surface area contributed by atoms with Gasteiger partial charge in [-0.2, -0.15) is 5.26 Å². The summed E-state index contributed by atoms with van der Waals surface area (Å²) in [6.45, 7) is 0. The molecule has 2 heterocycles. The second-order valence-electron chi connectivity index (χ2n) is 5.12. The van der Waals surface area contributed by atoms with Gasteiger partial charge in [-0.3, -0.25) is 9.89 Å². The van der Waals surface area contributed by atoms with Gasteiger partial charge in [0.1, 0.15) is 17.5 Å². The molecule has 0 saturated heterocycles. The summed E-state index contributed by atoms with van der Waals surface area (Å²) in [4.78, 5) is 11.6. The molecule has 0 unspecified atom stereocenters. The monoisotopic (exact) mass is 328 g/mol. The standard InChI is InChI=1S/C16H13FN4O3/c1-23-12(22)6-11-14-13(8-4-2-3-5-10(8)17)9(7-18)15(19)24-16(14)21-20-11/h2-5,13H,6,19H2,1H3,(H,20,21)/t13-/m1/s1. The van der Waals surface area contributed by atoms with Crippen LogP contribution in [0.15, 0.2) is 35.7 Å². The highest BCUT2D eigenvalue weighted by Gasteiger charge is 2.36. The Kier molecular flexibility index (Phi) is 3.92. The fourth-order valence-corrected chi connectivity index (χ4v) is 2.68. The fraction of sp³-hybridized carbons (Fsp3) is 0.188. The molecule has 8 heteroatoms. The van der Waals surface area contributed by atoms with E-state index in [4.69, 9.17) is 10.5 Å². The molecule has 1 aliphatic rings. The van der Waals surface area contributed by atoms with E-state index in [1.165, 1.54) is 13.2 Å². The van der Waals surface area contributed by atoms with E-state index in [0.29, 0.717) is 11.3 Å². The quantitative estimate of drug-likeness (QED) is 0.825. The van der Waals surface area contributed by atoms with Crippen molar-refractivity contribution in [2.45, 2.75) is 12.3 Å². The Balaban J connectivity index is 2.20. The molecule has 1 aromatic heterocycles. The van der Waals surface area contributed by atoms with Crippen LogP contribution in [0.3, 0.4) is 0 Å². The van der Waals surface area contributed by atoms with Gasteiger partial charge in [0, 0.05) is 5.56 Å². The van der Waals surface area contributed by atoms with Crippen molar-refractivity contribution >= 4 is 5.97 Å². The zero-order valence-corrected chi connectivity index (χ0v) is 12.7. The molecule has 0 fully saturated rings. The van der Waals surface area contributed by atoms with E-state index < -0.39 is 17.7 Å². The van der Waals surface area contributed by atoms with Gasteiger partial charge in [-0.05, 0) is 6.07 Å². The average Bonchev–Trinajstić information content (AvgIpc) is 2.96. The zero-order valence-electron chi connectivity index (χ0n) is 12.7. The lowest BCUT2D eigenvalue weighted by molar-refractivity contribution is -0.139. The number of rotatable bonds is 3. The minimum atomic E-state index is -0.821. The number of carbonyl (C=O) groups excluding carboxylic acids is 1. The van der Waals surface area contributed by atoms with Crippen molar-refractivity contribution in [2.24, 2.45) is 5.73 Å². The van der Waals surface area contributed by atoms with Gasteiger partial charge in [0.25, 0.3) is 0 Å². The van der Waals surface area contributed by atoms with Crippen molar-refractivity contribution in [1.29, 1.82) is 5.26 Å². The summed E-state index contributed by atoms with van der Waals surface area (Å²) in [6, 6.07) is 7.99. The van der Waals surface area contributed by atoms with Crippen molar-refractivity contribution in [3.05, 3.63) is 58.4 Å². The molecule has 24 heavy (non-hydrogen) atoms. The number of hydrogen-bond donors (Lipinski definition) is 2. The summed E-state index contributed by atoms with van der Waals surface area (Å²) in [6.07, 6.45) is -0.119. The number of nitrogens with two attached hydrogens (primary N) is 1. The van der Waals surface area contributed by atoms with Crippen LogP contribution >= 0.6 is 0 Å². The Morgan fingerprint density at radius 2 is 2.29 bits per heavy atom. The smallest absolute Gasteiger partial charge is 0.311 e. The molecule has 1 atom stereocenters. The zero-order chi connectivity index (χ0) is 17.3. The predicted octanol–water partition coefficient (Wildman–Crippen LogP) is 1.48. The van der Waals surface area contributed by atoms with Crippen LogP contribution in [0, 0.1) is 17.1 Å². The van der Waals surface area contributed by atoms with Gasteiger partial charge < -0.3 is 15.2 Å². The molecule has 3 rings (SSSR count). The molecule has 3 N–H and O–H groups in total. The van der Waals surface area contributed by atoms with Crippen molar-refractivity contribution < 1.29 is 18.7 Å². The summed E-state index contributed by atoms with van der Waals surface area (Å²) >= 11 is 0. The van der Waals surface area contributed by atoms with E-state index in [1.54, 1.807) is 18.2 Å². The first-order valence-corrected chi connectivity index (χ1v) is 7.02. The van der Waals surface area contributed by atoms with E-state index >= 15 is 0 Å². The number of benzene rings is 1. The Bertz CT molecular complexity index is 882. The van der Waals surface area contributed by atoms with Gasteiger partial charge in [-0.15, -0.1) is 5.10 Å². The minimum absolute atomic E-state index is 0.0557. The Hall–Kier alpha value is -3.34. The fourth-order valence-electron chi connectivity index (χ4n) is 2.68. The minimum Gasteiger partial charge on any atom is -0.469 e. The number of fused-ring (bicyclic) bond motifs is 1. The van der Waals surface area contributed by atoms with Crippen molar-refractivity contribution in [1.82, 2.24) is 10.2 Å². The number of nitrogens with one attached hydrogen (secondary N) is 1. The van der Waals surface area contributed by atoms with Gasteiger partial charge in [0.15, 0.2) is 0 Å². The summed E-state index contributed by atoms with van der Waals surface area (Å²) in [7, 11) is 1.26. The molecule has 0 spiro atoms. The lowest BCUT2D eigenvalue weighted by Gasteiger charge is -2.24. The molecular weight excluding hydrogens is 315 g/mol. The molecule has 1 aliphatic heterocycles. The van der Waals surface area contributed by atoms with Gasteiger partial charge in [-0.25, -0.2) is 4.39 Å². The molecular formula is C16H13FN4O3.